The number of fused-ring (bicyclic) bond motifs is 1. The third kappa shape index (κ3) is 3.69. The van der Waals surface area contributed by atoms with Crippen LogP contribution in [-0.2, 0) is 17.6 Å². The van der Waals surface area contributed by atoms with Gasteiger partial charge in [0, 0.05) is 17.1 Å². The Hall–Kier alpha value is -2.33. The maximum Gasteiger partial charge on any atom is 0.306 e. The number of aryl methyl sites for hydroxylation is 2. The zero-order chi connectivity index (χ0) is 18.0. The van der Waals surface area contributed by atoms with Crippen molar-refractivity contribution in [1.29, 1.82) is 0 Å². The van der Waals surface area contributed by atoms with Gasteiger partial charge in [-0.1, -0.05) is 37.6 Å². The van der Waals surface area contributed by atoms with Crippen molar-refractivity contribution in [3.63, 3.8) is 0 Å². The monoisotopic (exact) mass is 356 g/mol. The number of benzene rings is 2. The fraction of sp³-hybridized carbons (Fsp3) is 0.300. The van der Waals surface area contributed by atoms with Crippen molar-refractivity contribution >= 4 is 28.6 Å². The third-order valence-corrected chi connectivity index (χ3v) is 4.72. The van der Waals surface area contributed by atoms with Crippen molar-refractivity contribution in [3.05, 3.63) is 58.9 Å². The van der Waals surface area contributed by atoms with Crippen LogP contribution >= 0.6 is 11.6 Å². The first-order valence-corrected chi connectivity index (χ1v) is 8.86. The van der Waals surface area contributed by atoms with Gasteiger partial charge in [-0.15, -0.1) is 0 Å². The number of hydrogen-bond donors (Lipinski definition) is 1. The van der Waals surface area contributed by atoms with Gasteiger partial charge in [0.2, 0.25) is 0 Å². The molecule has 2 aromatic carbocycles. The number of carboxylic acids is 1. The highest BCUT2D eigenvalue weighted by atomic mass is 35.5. The molecule has 0 aliphatic heterocycles. The second kappa shape index (κ2) is 7.28. The van der Waals surface area contributed by atoms with E-state index in [-0.39, 0.29) is 5.92 Å². The lowest BCUT2D eigenvalue weighted by Gasteiger charge is -2.10. The molecule has 1 atom stereocenters. The maximum atomic E-state index is 10.9. The Labute approximate surface area is 152 Å². The molecular weight excluding hydrogens is 336 g/mol. The van der Waals surface area contributed by atoms with E-state index >= 15 is 0 Å². The summed E-state index contributed by atoms with van der Waals surface area (Å²) < 4.78 is 2.15. The van der Waals surface area contributed by atoms with Crippen LogP contribution in [0, 0.1) is 5.92 Å². The van der Waals surface area contributed by atoms with Gasteiger partial charge in [-0.2, -0.15) is 0 Å². The zero-order valence-electron chi connectivity index (χ0n) is 14.4. The van der Waals surface area contributed by atoms with Gasteiger partial charge in [0.05, 0.1) is 17.0 Å². The van der Waals surface area contributed by atoms with Crippen molar-refractivity contribution in [1.82, 2.24) is 9.55 Å². The second-order valence-corrected chi connectivity index (χ2v) is 6.73. The molecule has 3 aromatic rings. The first-order valence-electron chi connectivity index (χ1n) is 8.48. The van der Waals surface area contributed by atoms with Gasteiger partial charge in [-0.3, -0.25) is 9.36 Å². The summed E-state index contributed by atoms with van der Waals surface area (Å²) >= 11 is 6.08. The van der Waals surface area contributed by atoms with Crippen LogP contribution in [0.1, 0.15) is 31.7 Å². The van der Waals surface area contributed by atoms with Crippen LogP contribution in [-0.4, -0.2) is 20.6 Å². The van der Waals surface area contributed by atoms with Crippen molar-refractivity contribution in [3.8, 4) is 5.69 Å². The van der Waals surface area contributed by atoms with E-state index in [0.29, 0.717) is 11.4 Å². The molecule has 0 aliphatic carbocycles. The average Bonchev–Trinajstić information content (AvgIpc) is 2.97. The summed E-state index contributed by atoms with van der Waals surface area (Å²) in [6, 6.07) is 14.0. The normalized spacial score (nSPS) is 12.4. The van der Waals surface area contributed by atoms with Crippen molar-refractivity contribution in [2.24, 2.45) is 5.92 Å². The van der Waals surface area contributed by atoms with Gasteiger partial charge < -0.3 is 5.11 Å². The highest BCUT2D eigenvalue weighted by Gasteiger charge is 2.13. The van der Waals surface area contributed by atoms with Crippen molar-refractivity contribution in [2.75, 3.05) is 0 Å². The summed E-state index contributed by atoms with van der Waals surface area (Å²) in [6.07, 6.45) is 2.22. The Bertz CT molecular complexity index is 900. The maximum absolute atomic E-state index is 10.9. The number of nitrogens with zero attached hydrogens (tertiary/aromatic N) is 2. The molecule has 1 N–H and O–H groups in total. The summed E-state index contributed by atoms with van der Waals surface area (Å²) in [5.74, 6) is -0.0778. The molecule has 0 fully saturated rings. The van der Waals surface area contributed by atoms with E-state index in [4.69, 9.17) is 16.7 Å². The van der Waals surface area contributed by atoms with E-state index < -0.39 is 5.97 Å². The number of halogens is 1. The molecule has 0 spiro atoms. The van der Waals surface area contributed by atoms with Crippen LogP contribution in [0.25, 0.3) is 16.7 Å². The minimum absolute atomic E-state index is 0.325. The minimum atomic E-state index is -0.743. The largest absolute Gasteiger partial charge is 0.481 e. The van der Waals surface area contributed by atoms with E-state index in [2.05, 4.69) is 40.7 Å². The molecule has 0 amide bonds. The number of carboxylic acid groups (broad SMARTS) is 1. The molecule has 1 aromatic heterocycles. The highest BCUT2D eigenvalue weighted by molar-refractivity contribution is 6.31. The molecule has 5 heteroatoms. The topological polar surface area (TPSA) is 55.1 Å². The van der Waals surface area contributed by atoms with Crippen molar-refractivity contribution in [2.45, 2.75) is 33.1 Å². The molecule has 130 valence electrons. The highest BCUT2D eigenvalue weighted by Crippen LogP contribution is 2.25. The molecule has 0 saturated carbocycles. The quantitative estimate of drug-likeness (QED) is 0.683. The number of imidazole rings is 1. The molecule has 0 radical (unpaired) electrons. The molecule has 1 unspecified atom stereocenters. The van der Waals surface area contributed by atoms with Crippen molar-refractivity contribution < 1.29 is 9.90 Å². The summed E-state index contributed by atoms with van der Waals surface area (Å²) in [4.78, 5) is 15.6. The fourth-order valence-electron chi connectivity index (χ4n) is 2.95. The lowest BCUT2D eigenvalue weighted by molar-refractivity contribution is -0.141. The Kier molecular flexibility index (Phi) is 5.09. The summed E-state index contributed by atoms with van der Waals surface area (Å²) in [5, 5.41) is 9.67. The van der Waals surface area contributed by atoms with Crippen LogP contribution in [0.5, 0.6) is 0 Å². The number of aliphatic carboxylic acids is 1. The lowest BCUT2D eigenvalue weighted by Crippen LogP contribution is -2.10. The van der Waals surface area contributed by atoms with Gasteiger partial charge in [-0.25, -0.2) is 4.98 Å². The standard InChI is InChI=1S/C20H21ClN2O2/c1-3-19-22-17-12-15(21)8-11-18(17)23(19)16-9-6-14(7-10-16)5-4-13(2)20(24)25/h6-13H,3-5H2,1-2H3,(H,24,25). The Morgan fingerprint density at radius 2 is 1.96 bits per heavy atom. The molecule has 1 heterocycles. The zero-order valence-corrected chi connectivity index (χ0v) is 15.1. The Balaban J connectivity index is 1.89. The number of aromatic nitrogens is 2. The SMILES string of the molecule is CCc1nc2cc(Cl)ccc2n1-c1ccc(CCC(C)C(=O)O)cc1. The van der Waals surface area contributed by atoms with Gasteiger partial charge >= 0.3 is 5.97 Å². The van der Waals surface area contributed by atoms with Crippen LogP contribution in [0.3, 0.4) is 0 Å². The summed E-state index contributed by atoms with van der Waals surface area (Å²) in [7, 11) is 0. The first-order chi connectivity index (χ1) is 12.0. The van der Waals surface area contributed by atoms with Crippen LogP contribution in [0.4, 0.5) is 0 Å². The predicted octanol–water partition coefficient (Wildman–Crippen LogP) is 4.89. The number of rotatable bonds is 6. The fourth-order valence-corrected chi connectivity index (χ4v) is 3.11. The Morgan fingerprint density at radius 1 is 1.24 bits per heavy atom. The van der Waals surface area contributed by atoms with E-state index in [0.717, 1.165) is 41.0 Å². The minimum Gasteiger partial charge on any atom is -0.481 e. The van der Waals surface area contributed by atoms with Crippen LogP contribution in [0.15, 0.2) is 42.5 Å². The van der Waals surface area contributed by atoms with Crippen LogP contribution in [0.2, 0.25) is 5.02 Å². The summed E-state index contributed by atoms with van der Waals surface area (Å²) in [5.41, 5.74) is 4.12. The summed E-state index contributed by atoms with van der Waals surface area (Å²) in [6.45, 7) is 3.83. The smallest absolute Gasteiger partial charge is 0.306 e. The number of carbonyl (C=O) groups is 1. The van der Waals surface area contributed by atoms with Gasteiger partial charge in [-0.05, 0) is 48.7 Å². The van der Waals surface area contributed by atoms with E-state index in [9.17, 15) is 4.79 Å². The molecular formula is C20H21ClN2O2. The molecule has 4 nitrogen and oxygen atoms in total. The predicted molar refractivity (Wildman–Crippen MR) is 101 cm³/mol. The second-order valence-electron chi connectivity index (χ2n) is 6.29. The molecule has 3 rings (SSSR count). The molecule has 0 bridgehead atoms. The number of hydrogen-bond acceptors (Lipinski definition) is 2. The molecule has 0 saturated heterocycles. The lowest BCUT2D eigenvalue weighted by atomic mass is 10.0. The molecule has 25 heavy (non-hydrogen) atoms. The van der Waals surface area contributed by atoms with Gasteiger partial charge in [0.1, 0.15) is 5.82 Å². The Morgan fingerprint density at radius 3 is 2.60 bits per heavy atom. The first kappa shape index (κ1) is 17.5. The van der Waals surface area contributed by atoms with E-state index in [1.54, 1.807) is 6.92 Å². The van der Waals surface area contributed by atoms with E-state index in [1.165, 1.54) is 0 Å². The van der Waals surface area contributed by atoms with Crippen LogP contribution < -0.4 is 0 Å². The van der Waals surface area contributed by atoms with Gasteiger partial charge in [0.15, 0.2) is 0 Å². The third-order valence-electron chi connectivity index (χ3n) is 4.48. The molecule has 0 aliphatic rings. The van der Waals surface area contributed by atoms with E-state index in [1.807, 2.05) is 18.2 Å². The van der Waals surface area contributed by atoms with Gasteiger partial charge in [0.25, 0.3) is 0 Å². The average molecular weight is 357 g/mol.